The molecule has 1 aliphatic rings. The zero-order valence-corrected chi connectivity index (χ0v) is 6.75. The third kappa shape index (κ3) is 1.33. The topological polar surface area (TPSA) is 44.4 Å². The van der Waals surface area contributed by atoms with E-state index >= 15 is 0 Å². The van der Waals surface area contributed by atoms with Gasteiger partial charge in [0.25, 0.3) is 0 Å². The molecular formula is C8H8FN3O. The molecule has 0 atom stereocenters. The number of urea groups is 1. The molecule has 4 nitrogen and oxygen atoms in total. The van der Waals surface area contributed by atoms with Gasteiger partial charge >= 0.3 is 6.03 Å². The first-order valence-corrected chi connectivity index (χ1v) is 3.84. The molecule has 1 aromatic rings. The number of nitrogens with one attached hydrogen (secondary N) is 2. The summed E-state index contributed by atoms with van der Waals surface area (Å²) < 4.78 is 13.2. The third-order valence-electron chi connectivity index (χ3n) is 1.82. The minimum Gasteiger partial charge on any atom is -0.276 e. The van der Waals surface area contributed by atoms with Crippen molar-refractivity contribution < 1.29 is 9.18 Å². The number of carbonyl (C=O) groups is 1. The van der Waals surface area contributed by atoms with Crippen molar-refractivity contribution in [1.82, 2.24) is 10.9 Å². The first-order chi connectivity index (χ1) is 6.29. The van der Waals surface area contributed by atoms with Crippen LogP contribution in [0.1, 0.15) is 0 Å². The predicted molar refractivity (Wildman–Crippen MR) is 45.4 cm³/mol. The number of para-hydroxylation sites is 1. The van der Waals surface area contributed by atoms with E-state index in [0.717, 1.165) is 0 Å². The molecule has 1 heterocycles. The van der Waals surface area contributed by atoms with E-state index in [1.165, 1.54) is 11.0 Å². The van der Waals surface area contributed by atoms with Gasteiger partial charge in [-0.2, -0.15) is 0 Å². The lowest BCUT2D eigenvalue weighted by Crippen LogP contribution is -2.28. The summed E-state index contributed by atoms with van der Waals surface area (Å²) in [5, 5.41) is 0. The highest BCUT2D eigenvalue weighted by molar-refractivity contribution is 5.93. The summed E-state index contributed by atoms with van der Waals surface area (Å²) in [6.45, 7) is 0.278. The van der Waals surface area contributed by atoms with Crippen molar-refractivity contribution >= 4 is 11.7 Å². The summed E-state index contributed by atoms with van der Waals surface area (Å²) in [7, 11) is 0. The van der Waals surface area contributed by atoms with E-state index in [9.17, 15) is 9.18 Å². The normalized spacial score (nSPS) is 16.1. The molecule has 0 saturated carbocycles. The van der Waals surface area contributed by atoms with Gasteiger partial charge in [0.2, 0.25) is 0 Å². The summed E-state index contributed by atoms with van der Waals surface area (Å²) in [6, 6.07) is 5.80. The van der Waals surface area contributed by atoms with E-state index in [0.29, 0.717) is 0 Å². The van der Waals surface area contributed by atoms with Crippen LogP contribution in [0.15, 0.2) is 24.3 Å². The van der Waals surface area contributed by atoms with Crippen LogP contribution >= 0.6 is 0 Å². The van der Waals surface area contributed by atoms with Crippen molar-refractivity contribution in [3.05, 3.63) is 30.1 Å². The Morgan fingerprint density at radius 2 is 2.15 bits per heavy atom. The van der Waals surface area contributed by atoms with Gasteiger partial charge in [0, 0.05) is 0 Å². The lowest BCUT2D eigenvalue weighted by Gasteiger charge is -2.13. The molecule has 2 rings (SSSR count). The maximum atomic E-state index is 13.2. The number of halogens is 1. The van der Waals surface area contributed by atoms with Crippen molar-refractivity contribution in [2.75, 3.05) is 11.6 Å². The van der Waals surface area contributed by atoms with Crippen LogP contribution in [0.5, 0.6) is 0 Å². The molecule has 1 aliphatic heterocycles. The highest BCUT2D eigenvalue weighted by atomic mass is 19.1. The highest BCUT2D eigenvalue weighted by Gasteiger charge is 2.22. The van der Waals surface area contributed by atoms with Crippen LogP contribution in [0.25, 0.3) is 0 Å². The second-order valence-electron chi connectivity index (χ2n) is 2.64. The van der Waals surface area contributed by atoms with Gasteiger partial charge in [-0.15, -0.1) is 0 Å². The van der Waals surface area contributed by atoms with Crippen molar-refractivity contribution in [2.24, 2.45) is 0 Å². The summed E-state index contributed by atoms with van der Waals surface area (Å²) in [5.74, 6) is -0.402. The van der Waals surface area contributed by atoms with Gasteiger partial charge in [0.05, 0.1) is 12.4 Å². The number of nitrogens with zero attached hydrogens (tertiary/aromatic N) is 1. The van der Waals surface area contributed by atoms with Crippen LogP contribution in [0.3, 0.4) is 0 Å². The Bertz CT molecular complexity index is 342. The second kappa shape index (κ2) is 3.02. The van der Waals surface area contributed by atoms with Crippen LogP contribution in [-0.2, 0) is 0 Å². The van der Waals surface area contributed by atoms with E-state index < -0.39 is 5.82 Å². The largest absolute Gasteiger partial charge is 0.337 e. The maximum Gasteiger partial charge on any atom is 0.337 e. The molecule has 2 N–H and O–H groups in total. The standard InChI is InChI=1S/C8H8FN3O/c9-6-3-1-2-4-7(6)12-5-10-11-8(12)13/h1-4,10H,5H2,(H,11,13). The fourth-order valence-electron chi connectivity index (χ4n) is 1.20. The molecule has 13 heavy (non-hydrogen) atoms. The SMILES string of the molecule is O=C1NNCN1c1ccccc1F. The Hall–Kier alpha value is -1.62. The van der Waals surface area contributed by atoms with Crippen LogP contribution in [0.4, 0.5) is 14.9 Å². The molecule has 68 valence electrons. The number of hydrogen-bond acceptors (Lipinski definition) is 2. The van der Waals surface area contributed by atoms with Crippen molar-refractivity contribution in [3.63, 3.8) is 0 Å². The van der Waals surface area contributed by atoms with E-state index in [2.05, 4.69) is 10.9 Å². The van der Waals surface area contributed by atoms with Gasteiger partial charge < -0.3 is 0 Å². The Morgan fingerprint density at radius 3 is 2.77 bits per heavy atom. The van der Waals surface area contributed by atoms with Crippen molar-refractivity contribution in [1.29, 1.82) is 0 Å². The third-order valence-corrected chi connectivity index (χ3v) is 1.82. The number of carbonyl (C=O) groups excluding carboxylic acids is 1. The van der Waals surface area contributed by atoms with Crippen LogP contribution in [0.2, 0.25) is 0 Å². The quantitative estimate of drug-likeness (QED) is 0.673. The zero-order valence-electron chi connectivity index (χ0n) is 6.75. The molecule has 5 heteroatoms. The first-order valence-electron chi connectivity index (χ1n) is 3.84. The van der Waals surface area contributed by atoms with Crippen molar-refractivity contribution in [3.8, 4) is 0 Å². The zero-order chi connectivity index (χ0) is 9.26. The minimum atomic E-state index is -0.402. The number of anilines is 1. The average molecular weight is 181 g/mol. The molecule has 2 amide bonds. The van der Waals surface area contributed by atoms with E-state index in [1.807, 2.05) is 0 Å². The summed E-state index contributed by atoms with van der Waals surface area (Å²) in [6.07, 6.45) is 0. The van der Waals surface area contributed by atoms with Gasteiger partial charge in [-0.05, 0) is 12.1 Å². The monoisotopic (exact) mass is 181 g/mol. The maximum absolute atomic E-state index is 13.2. The average Bonchev–Trinajstić information content (AvgIpc) is 2.52. The Kier molecular flexibility index (Phi) is 1.86. The molecule has 0 aliphatic carbocycles. The lowest BCUT2D eigenvalue weighted by atomic mass is 10.3. The molecular weight excluding hydrogens is 173 g/mol. The van der Waals surface area contributed by atoms with Gasteiger partial charge in [0.15, 0.2) is 0 Å². The number of hydrazine groups is 1. The molecule has 0 bridgehead atoms. The number of hydrogen-bond donors (Lipinski definition) is 2. The number of amides is 2. The fraction of sp³-hybridized carbons (Fsp3) is 0.125. The summed E-state index contributed by atoms with van der Waals surface area (Å²) in [4.78, 5) is 12.4. The van der Waals surface area contributed by atoms with E-state index in [-0.39, 0.29) is 18.4 Å². The van der Waals surface area contributed by atoms with Gasteiger partial charge in [0.1, 0.15) is 5.82 Å². The smallest absolute Gasteiger partial charge is 0.276 e. The second-order valence-corrected chi connectivity index (χ2v) is 2.64. The van der Waals surface area contributed by atoms with Gasteiger partial charge in [-0.25, -0.2) is 14.6 Å². The molecule has 0 aromatic heterocycles. The Morgan fingerprint density at radius 1 is 1.38 bits per heavy atom. The fourth-order valence-corrected chi connectivity index (χ4v) is 1.20. The molecule has 1 saturated heterocycles. The predicted octanol–water partition coefficient (Wildman–Crippen LogP) is 0.817. The molecule has 1 aromatic carbocycles. The summed E-state index contributed by atoms with van der Waals surface area (Å²) >= 11 is 0. The van der Waals surface area contributed by atoms with E-state index in [1.54, 1.807) is 18.2 Å². The van der Waals surface area contributed by atoms with E-state index in [4.69, 9.17) is 0 Å². The first kappa shape index (κ1) is 8.00. The molecule has 0 spiro atoms. The number of benzene rings is 1. The molecule has 1 fully saturated rings. The van der Waals surface area contributed by atoms with Gasteiger partial charge in [-0.1, -0.05) is 12.1 Å². The Labute approximate surface area is 74.3 Å². The van der Waals surface area contributed by atoms with Crippen LogP contribution < -0.4 is 15.8 Å². The molecule has 0 unspecified atom stereocenters. The number of rotatable bonds is 1. The van der Waals surface area contributed by atoms with Crippen LogP contribution in [-0.4, -0.2) is 12.7 Å². The lowest BCUT2D eigenvalue weighted by molar-refractivity contribution is 0.250. The minimum absolute atomic E-state index is 0.278. The van der Waals surface area contributed by atoms with Crippen molar-refractivity contribution in [2.45, 2.75) is 0 Å². The molecule has 0 radical (unpaired) electrons. The Balaban J connectivity index is 2.34. The van der Waals surface area contributed by atoms with Crippen LogP contribution in [0, 0.1) is 5.82 Å². The summed E-state index contributed by atoms with van der Waals surface area (Å²) in [5.41, 5.74) is 5.26. The van der Waals surface area contributed by atoms with Gasteiger partial charge in [-0.3, -0.25) is 10.3 Å². The highest BCUT2D eigenvalue weighted by Crippen LogP contribution is 2.18.